The van der Waals surface area contributed by atoms with Crippen LogP contribution in [0.4, 0.5) is 16.2 Å². The van der Waals surface area contributed by atoms with Crippen LogP contribution in [-0.2, 0) is 43.9 Å². The summed E-state index contributed by atoms with van der Waals surface area (Å²) in [5.41, 5.74) is 11.2. The number of rotatable bonds is 2. The standard InChI is InChI=1S/C20H22ClFN10O9P2S2/c21-19-27-14(23)11-15(28-19)31(4-25-11)9-1-6-7(38-9)2-36-43(35,45)41-13-8(3-37-42(34,44)40-6)39-18(10(13)22)32-5-26-12-16(32)29-20(24)30-17(12)33/h4-10,13,18H,1-3H2,(H,34,44)(H,35,45)(H2,23,27,28)(H3,24,29,30,33)/t6-,7-,8-,9-,10+,13?,18-,42?,43?/m1/s1. The Labute approximate surface area is 265 Å². The number of nitrogens with zero attached hydrogens (tertiary/aromatic N) is 7. The Balaban J connectivity index is 1.15. The Kier molecular flexibility index (Phi) is 7.94. The second-order valence-electron chi connectivity index (χ2n) is 10.1. The first kappa shape index (κ1) is 31.3. The third kappa shape index (κ3) is 5.87. The molecule has 0 amide bonds. The third-order valence-electron chi connectivity index (χ3n) is 7.23. The predicted octanol–water partition coefficient (Wildman–Crippen LogP) is 1.37. The zero-order valence-corrected chi connectivity index (χ0v) is 26.6. The van der Waals surface area contributed by atoms with E-state index in [0.29, 0.717) is 0 Å². The Hall–Kier alpha value is -2.33. The number of hydrogen-bond donors (Lipinski definition) is 5. The van der Waals surface area contributed by atoms with Gasteiger partial charge in [0.2, 0.25) is 11.2 Å². The Morgan fingerprint density at radius 2 is 1.76 bits per heavy atom. The molecule has 0 radical (unpaired) electrons. The number of aromatic nitrogens is 8. The van der Waals surface area contributed by atoms with Gasteiger partial charge in [-0.1, -0.05) is 12.2 Å². The van der Waals surface area contributed by atoms with Gasteiger partial charge < -0.3 is 34.9 Å². The van der Waals surface area contributed by atoms with Crippen LogP contribution in [0.5, 0.6) is 0 Å². The van der Waals surface area contributed by atoms with Crippen LogP contribution in [0.15, 0.2) is 17.4 Å². The van der Waals surface area contributed by atoms with E-state index in [1.807, 2.05) is 0 Å². The number of ether oxygens (including phenoxy) is 2. The molecule has 3 saturated heterocycles. The molecule has 3 fully saturated rings. The van der Waals surface area contributed by atoms with E-state index in [-0.39, 0.29) is 45.8 Å². The minimum absolute atomic E-state index is 0.0525. The van der Waals surface area contributed by atoms with Gasteiger partial charge in [0, 0.05) is 6.42 Å². The highest BCUT2D eigenvalue weighted by atomic mass is 35.5. The van der Waals surface area contributed by atoms with E-state index in [4.69, 9.17) is 62.4 Å². The molecule has 3 unspecified atom stereocenters. The zero-order chi connectivity index (χ0) is 31.8. The second-order valence-corrected chi connectivity index (χ2v) is 16.1. The van der Waals surface area contributed by atoms with Crippen molar-refractivity contribution in [1.82, 2.24) is 39.0 Å². The fraction of sp³-hybridized carbons (Fsp3) is 0.500. The molecule has 7 heterocycles. The Bertz CT molecular complexity index is 1970. The van der Waals surface area contributed by atoms with Crippen molar-refractivity contribution in [3.05, 3.63) is 28.3 Å². The zero-order valence-electron chi connectivity index (χ0n) is 22.3. The van der Waals surface area contributed by atoms with Crippen LogP contribution >= 0.6 is 37.4 Å². The highest BCUT2D eigenvalue weighted by Crippen LogP contribution is 2.58. The molecule has 7 rings (SSSR count). The highest BCUT2D eigenvalue weighted by Gasteiger charge is 2.52. The largest absolute Gasteiger partial charge is 0.386 e. The van der Waals surface area contributed by atoms with E-state index < -0.39 is 75.3 Å². The number of aromatic amines is 1. The first-order valence-electron chi connectivity index (χ1n) is 12.9. The molecule has 6 N–H and O–H groups in total. The lowest BCUT2D eigenvalue weighted by molar-refractivity contribution is -0.0561. The summed E-state index contributed by atoms with van der Waals surface area (Å²) in [5, 5.41) is -0.116. The van der Waals surface area contributed by atoms with Crippen molar-refractivity contribution < 1.29 is 41.4 Å². The van der Waals surface area contributed by atoms with Gasteiger partial charge in [0.25, 0.3) is 5.56 Å². The van der Waals surface area contributed by atoms with Crippen LogP contribution in [0.25, 0.3) is 22.3 Å². The number of anilines is 2. The van der Waals surface area contributed by atoms with E-state index in [1.54, 1.807) is 0 Å². The van der Waals surface area contributed by atoms with Crippen molar-refractivity contribution >= 4 is 83.3 Å². The summed E-state index contributed by atoms with van der Waals surface area (Å²) >= 11 is 15.3. The van der Waals surface area contributed by atoms with Gasteiger partial charge in [0.05, 0.1) is 32.0 Å². The molecule has 0 saturated carbocycles. The van der Waals surface area contributed by atoms with Crippen molar-refractivity contribution in [3.63, 3.8) is 0 Å². The van der Waals surface area contributed by atoms with E-state index >= 15 is 4.39 Å². The van der Waals surface area contributed by atoms with Crippen LogP contribution in [-0.4, -0.2) is 87.7 Å². The molecule has 19 nitrogen and oxygen atoms in total. The summed E-state index contributed by atoms with van der Waals surface area (Å²) in [4.78, 5) is 45.7. The lowest BCUT2D eigenvalue weighted by atomic mass is 10.1. The van der Waals surface area contributed by atoms with Gasteiger partial charge in [0.1, 0.15) is 30.1 Å². The molecule has 242 valence electrons. The smallest absolute Gasteiger partial charge is 0.382 e. The number of thiol groups is 1. The van der Waals surface area contributed by atoms with Crippen LogP contribution < -0.4 is 17.0 Å². The van der Waals surface area contributed by atoms with Crippen molar-refractivity contribution in [2.45, 2.75) is 49.5 Å². The average molecular weight is 727 g/mol. The molecule has 4 aromatic heterocycles. The number of halogens is 2. The van der Waals surface area contributed by atoms with Gasteiger partial charge >= 0.3 is 13.5 Å². The number of fused-ring (bicyclic) bond motifs is 4. The first-order chi connectivity index (χ1) is 21.3. The predicted molar refractivity (Wildman–Crippen MR) is 159 cm³/mol. The number of nitrogens with two attached hydrogens (primary N) is 2. The number of imidazole rings is 2. The maximum absolute atomic E-state index is 16.0. The monoisotopic (exact) mass is 726 g/mol. The molecule has 9 atom stereocenters. The van der Waals surface area contributed by atoms with Gasteiger partial charge in [-0.15, -0.1) is 0 Å². The van der Waals surface area contributed by atoms with E-state index in [9.17, 15) is 14.3 Å². The van der Waals surface area contributed by atoms with Crippen LogP contribution in [0.1, 0.15) is 18.9 Å². The van der Waals surface area contributed by atoms with Crippen LogP contribution in [0.2, 0.25) is 5.28 Å². The normalized spacial score (nSPS) is 36.0. The third-order valence-corrected chi connectivity index (χ3v) is 10.6. The average Bonchev–Trinajstić information content (AvgIpc) is 3.71. The van der Waals surface area contributed by atoms with Gasteiger partial charge in [-0.25, -0.2) is 18.9 Å². The molecule has 0 spiro atoms. The molecule has 3 aliphatic rings. The number of alkyl halides is 1. The molecule has 25 heteroatoms. The highest BCUT2D eigenvalue weighted by molar-refractivity contribution is 8.44. The molecule has 4 aromatic rings. The number of nitrogen functional groups attached to an aromatic ring is 2. The summed E-state index contributed by atoms with van der Waals surface area (Å²) < 4.78 is 66.4. The number of nitrogens with one attached hydrogen (secondary N) is 1. The summed E-state index contributed by atoms with van der Waals surface area (Å²) in [7, 11) is 0. The van der Waals surface area contributed by atoms with E-state index in [2.05, 4.69) is 42.2 Å². The second kappa shape index (κ2) is 11.4. The molecule has 45 heavy (non-hydrogen) atoms. The summed E-state index contributed by atoms with van der Waals surface area (Å²) in [6.07, 6.45) is -6.66. The SMILES string of the molecule is Nc1nc2c(ncn2[C@@H]2O[C@@H]3COP(O)(=S)O[C@@H]4C[C@H](n5cnc6c(N)nc(Cl)nc65)O[C@@H]4COP(=O)(S)OC3[C@@H]2F)c(=O)[nH]1. The Morgan fingerprint density at radius 3 is 2.56 bits per heavy atom. The summed E-state index contributed by atoms with van der Waals surface area (Å²) in [5.74, 6) is -0.186. The van der Waals surface area contributed by atoms with Crippen LogP contribution in [0, 0.1) is 0 Å². The van der Waals surface area contributed by atoms with E-state index in [1.165, 1.54) is 10.9 Å². The maximum Gasteiger partial charge on any atom is 0.386 e. The molecule has 0 aliphatic carbocycles. The topological polar surface area (TPSA) is 252 Å². The van der Waals surface area contributed by atoms with Crippen molar-refractivity contribution in [1.29, 1.82) is 0 Å². The first-order valence-corrected chi connectivity index (χ1v) is 18.6. The van der Waals surface area contributed by atoms with E-state index in [0.717, 1.165) is 10.9 Å². The van der Waals surface area contributed by atoms with Crippen molar-refractivity contribution in [2.24, 2.45) is 0 Å². The fourth-order valence-electron chi connectivity index (χ4n) is 5.28. The summed E-state index contributed by atoms with van der Waals surface area (Å²) in [6, 6.07) is 0. The fourth-order valence-corrected chi connectivity index (χ4v) is 8.41. The van der Waals surface area contributed by atoms with Gasteiger partial charge in [-0.05, 0) is 23.4 Å². The molecule has 0 bridgehead atoms. The van der Waals surface area contributed by atoms with Crippen molar-refractivity contribution in [3.8, 4) is 0 Å². The lowest BCUT2D eigenvalue weighted by Gasteiger charge is -2.28. The Morgan fingerprint density at radius 1 is 1.04 bits per heavy atom. The minimum Gasteiger partial charge on any atom is -0.382 e. The lowest BCUT2D eigenvalue weighted by Crippen LogP contribution is -2.35. The number of H-pyrrole nitrogens is 1. The van der Waals surface area contributed by atoms with Crippen molar-refractivity contribution in [2.75, 3.05) is 24.7 Å². The molecule has 0 aromatic carbocycles. The quantitative estimate of drug-likeness (QED) is 0.111. The number of hydrogen-bond acceptors (Lipinski definition) is 16. The van der Waals surface area contributed by atoms with Gasteiger partial charge in [-0.3, -0.25) is 28.0 Å². The minimum atomic E-state index is -4.31. The molecule has 3 aliphatic heterocycles. The van der Waals surface area contributed by atoms with Gasteiger partial charge in [-0.2, -0.15) is 15.0 Å². The summed E-state index contributed by atoms with van der Waals surface area (Å²) in [6.45, 7) is -9.36. The maximum atomic E-state index is 16.0. The van der Waals surface area contributed by atoms with Crippen LogP contribution in [0.3, 0.4) is 0 Å². The molecular weight excluding hydrogens is 705 g/mol. The van der Waals surface area contributed by atoms with Gasteiger partial charge in [0.15, 0.2) is 35.0 Å². The molecular formula is C20H22ClFN10O9P2S2.